The van der Waals surface area contributed by atoms with E-state index in [1.54, 1.807) is 63.4 Å². The third-order valence-corrected chi connectivity index (χ3v) is 8.77. The highest BCUT2D eigenvalue weighted by atomic mass is 79.9. The second kappa shape index (κ2) is 12.9. The van der Waals surface area contributed by atoms with Gasteiger partial charge >= 0.3 is 5.97 Å². The van der Waals surface area contributed by atoms with E-state index in [-0.39, 0.29) is 18.8 Å². The Hall–Kier alpha value is -3.37. The molecule has 42 heavy (non-hydrogen) atoms. The first-order valence-corrected chi connectivity index (χ1v) is 15.3. The number of halogens is 3. The zero-order valence-corrected chi connectivity index (χ0v) is 26.7. The van der Waals surface area contributed by atoms with Gasteiger partial charge in [-0.2, -0.15) is 0 Å². The number of carbonyl (C=O) groups excluding carboxylic acids is 1. The number of thiazole rings is 1. The van der Waals surface area contributed by atoms with Crippen molar-refractivity contribution in [1.82, 2.24) is 4.57 Å². The van der Waals surface area contributed by atoms with E-state index in [9.17, 15) is 9.59 Å². The molecule has 7 nitrogen and oxygen atoms in total. The molecule has 2 heterocycles. The average Bonchev–Trinajstić information content (AvgIpc) is 3.26. The van der Waals surface area contributed by atoms with Crippen LogP contribution in [0.25, 0.3) is 6.08 Å². The van der Waals surface area contributed by atoms with Crippen LogP contribution in [0.1, 0.15) is 36.6 Å². The number of esters is 1. The van der Waals surface area contributed by atoms with E-state index in [4.69, 9.17) is 37.4 Å². The molecule has 5 rings (SSSR count). The van der Waals surface area contributed by atoms with Gasteiger partial charge in [-0.3, -0.25) is 9.36 Å². The van der Waals surface area contributed by atoms with E-state index in [0.29, 0.717) is 57.7 Å². The average molecular weight is 688 g/mol. The second-order valence-corrected chi connectivity index (χ2v) is 12.0. The summed E-state index contributed by atoms with van der Waals surface area (Å²) in [4.78, 5) is 32.1. The fraction of sp³-hybridized carbons (Fsp3) is 0.194. The van der Waals surface area contributed by atoms with E-state index in [0.717, 1.165) is 5.56 Å². The lowest BCUT2D eigenvalue weighted by atomic mass is 9.96. The molecular weight excluding hydrogens is 663 g/mol. The Balaban J connectivity index is 1.58. The van der Waals surface area contributed by atoms with Crippen LogP contribution in [-0.2, 0) is 16.1 Å². The minimum atomic E-state index is -0.721. The molecule has 4 aromatic rings. The number of rotatable bonds is 8. The molecule has 0 bridgehead atoms. The monoisotopic (exact) mass is 686 g/mol. The van der Waals surface area contributed by atoms with E-state index in [2.05, 4.69) is 20.9 Å². The zero-order valence-electron chi connectivity index (χ0n) is 22.8. The molecule has 0 aliphatic carbocycles. The third-order valence-electron chi connectivity index (χ3n) is 6.58. The van der Waals surface area contributed by atoms with Gasteiger partial charge < -0.3 is 14.2 Å². The van der Waals surface area contributed by atoms with Crippen molar-refractivity contribution in [2.45, 2.75) is 26.5 Å². The van der Waals surface area contributed by atoms with E-state index >= 15 is 0 Å². The Bertz CT molecular complexity index is 1880. The van der Waals surface area contributed by atoms with Crippen molar-refractivity contribution < 1.29 is 19.0 Å². The first-order chi connectivity index (χ1) is 20.2. The van der Waals surface area contributed by atoms with Crippen molar-refractivity contribution in [2.24, 2.45) is 4.99 Å². The number of allylic oxidation sites excluding steroid dienone is 1. The van der Waals surface area contributed by atoms with Gasteiger partial charge in [-0.25, -0.2) is 9.79 Å². The van der Waals surface area contributed by atoms with Crippen molar-refractivity contribution in [3.05, 3.63) is 123 Å². The number of hydrogen-bond acceptors (Lipinski definition) is 7. The highest BCUT2D eigenvalue weighted by molar-refractivity contribution is 9.10. The molecule has 1 aliphatic heterocycles. The minimum absolute atomic E-state index is 0.197. The van der Waals surface area contributed by atoms with Crippen LogP contribution in [0.15, 0.2) is 86.2 Å². The third kappa shape index (κ3) is 6.06. The number of aromatic nitrogens is 1. The van der Waals surface area contributed by atoms with Crippen LogP contribution in [0, 0.1) is 0 Å². The van der Waals surface area contributed by atoms with Crippen LogP contribution in [0.4, 0.5) is 0 Å². The first-order valence-electron chi connectivity index (χ1n) is 12.9. The Labute approximate surface area is 264 Å². The molecule has 1 atom stereocenters. The van der Waals surface area contributed by atoms with Gasteiger partial charge in [-0.15, -0.1) is 0 Å². The van der Waals surface area contributed by atoms with Crippen LogP contribution < -0.4 is 24.4 Å². The lowest BCUT2D eigenvalue weighted by Gasteiger charge is -2.24. The highest BCUT2D eigenvalue weighted by Gasteiger charge is 2.33. The SMILES string of the molecule is CCOC(=O)C1=C(C)N=c2s/c(=C\c3cc(Br)c(OCc4ccccc4Cl)c(OC)c3)c(=O)n2[C@@H]1c1ccc(Cl)cc1. The lowest BCUT2D eigenvalue weighted by molar-refractivity contribution is -0.139. The highest BCUT2D eigenvalue weighted by Crippen LogP contribution is 2.38. The molecule has 216 valence electrons. The second-order valence-electron chi connectivity index (χ2n) is 9.27. The van der Waals surface area contributed by atoms with E-state index in [1.165, 1.54) is 15.9 Å². The maximum Gasteiger partial charge on any atom is 0.338 e. The molecule has 0 saturated carbocycles. The van der Waals surface area contributed by atoms with Crippen LogP contribution in [0.2, 0.25) is 10.0 Å². The standard InChI is InChI=1S/C31H25BrCl2N2O5S/c1-4-40-30(38)26-17(2)35-31-36(27(26)19-9-11-21(33)12-10-19)29(37)25(42-31)15-18-13-22(32)28(24(14-18)39-3)41-16-20-7-5-6-8-23(20)34/h5-15,27H,4,16H2,1-3H3/b25-15-/t27-/m1/s1. The molecule has 0 radical (unpaired) electrons. The predicted octanol–water partition coefficient (Wildman–Crippen LogP) is 6.46. The zero-order chi connectivity index (χ0) is 30.0. The smallest absolute Gasteiger partial charge is 0.338 e. The van der Waals surface area contributed by atoms with Gasteiger partial charge in [0.15, 0.2) is 16.3 Å². The lowest BCUT2D eigenvalue weighted by Crippen LogP contribution is -2.39. The minimum Gasteiger partial charge on any atom is -0.493 e. The Morgan fingerprint density at radius 3 is 2.57 bits per heavy atom. The van der Waals surface area contributed by atoms with Gasteiger partial charge in [0.05, 0.1) is 40.0 Å². The molecule has 3 aromatic carbocycles. The largest absolute Gasteiger partial charge is 0.493 e. The summed E-state index contributed by atoms with van der Waals surface area (Å²) < 4.78 is 19.6. The summed E-state index contributed by atoms with van der Waals surface area (Å²) in [5.41, 5.74) is 2.77. The fourth-order valence-electron chi connectivity index (χ4n) is 4.63. The van der Waals surface area contributed by atoms with Crippen LogP contribution >= 0.6 is 50.5 Å². The summed E-state index contributed by atoms with van der Waals surface area (Å²) in [5.74, 6) is 0.470. The fourth-order valence-corrected chi connectivity index (χ4v) is 6.57. The van der Waals surface area contributed by atoms with Crippen molar-refractivity contribution >= 4 is 62.5 Å². The molecule has 1 aromatic heterocycles. The van der Waals surface area contributed by atoms with Gasteiger partial charge in [0.2, 0.25) is 0 Å². The van der Waals surface area contributed by atoms with Gasteiger partial charge in [-0.1, -0.05) is 64.9 Å². The Morgan fingerprint density at radius 1 is 1.14 bits per heavy atom. The number of hydrogen-bond donors (Lipinski definition) is 0. The van der Waals surface area contributed by atoms with E-state index in [1.807, 2.05) is 24.3 Å². The number of carbonyl (C=O) groups is 1. The molecule has 0 N–H and O–H groups in total. The molecule has 0 unspecified atom stereocenters. The number of nitrogens with zero attached hydrogens (tertiary/aromatic N) is 2. The maximum absolute atomic E-state index is 13.9. The molecule has 0 spiro atoms. The molecule has 0 saturated heterocycles. The summed E-state index contributed by atoms with van der Waals surface area (Å²) in [6.45, 7) is 3.93. The topological polar surface area (TPSA) is 79.1 Å². The normalized spacial score (nSPS) is 14.8. The van der Waals surface area contributed by atoms with Crippen molar-refractivity contribution in [2.75, 3.05) is 13.7 Å². The van der Waals surface area contributed by atoms with E-state index < -0.39 is 12.0 Å². The quantitative estimate of drug-likeness (QED) is 0.199. The van der Waals surface area contributed by atoms with Gasteiger partial charge in [0, 0.05) is 15.6 Å². The van der Waals surface area contributed by atoms with Crippen molar-refractivity contribution in [3.8, 4) is 11.5 Å². The maximum atomic E-state index is 13.9. The number of benzene rings is 3. The Morgan fingerprint density at radius 2 is 1.88 bits per heavy atom. The van der Waals surface area contributed by atoms with Gasteiger partial charge in [-0.05, 0) is 77.3 Å². The van der Waals surface area contributed by atoms with Crippen molar-refractivity contribution in [1.29, 1.82) is 0 Å². The molecule has 0 fully saturated rings. The summed E-state index contributed by atoms with van der Waals surface area (Å²) in [7, 11) is 1.55. The van der Waals surface area contributed by atoms with Crippen LogP contribution in [0.3, 0.4) is 0 Å². The van der Waals surface area contributed by atoms with Gasteiger partial charge in [0.1, 0.15) is 6.61 Å². The summed E-state index contributed by atoms with van der Waals surface area (Å²) in [6.07, 6.45) is 1.76. The molecule has 1 aliphatic rings. The summed E-state index contributed by atoms with van der Waals surface area (Å²) >= 11 is 17.2. The molecule has 0 amide bonds. The Kier molecular flexibility index (Phi) is 9.22. The number of ether oxygens (including phenoxy) is 3. The number of fused-ring (bicyclic) bond motifs is 1. The molecular formula is C31H25BrCl2N2O5S. The van der Waals surface area contributed by atoms with Crippen LogP contribution in [-0.4, -0.2) is 24.3 Å². The van der Waals surface area contributed by atoms with Crippen LogP contribution in [0.5, 0.6) is 11.5 Å². The first kappa shape index (κ1) is 30.1. The predicted molar refractivity (Wildman–Crippen MR) is 168 cm³/mol. The summed E-state index contributed by atoms with van der Waals surface area (Å²) in [5, 5.41) is 1.15. The number of methoxy groups -OCH3 is 1. The molecule has 11 heteroatoms. The van der Waals surface area contributed by atoms with Gasteiger partial charge in [0.25, 0.3) is 5.56 Å². The van der Waals surface area contributed by atoms with Crippen molar-refractivity contribution in [3.63, 3.8) is 0 Å². The summed E-state index contributed by atoms with van der Waals surface area (Å²) in [6, 6.07) is 17.4.